The van der Waals surface area contributed by atoms with Crippen LogP contribution in [-0.2, 0) is 0 Å². The highest BCUT2D eigenvalue weighted by Crippen LogP contribution is 2.29. The van der Waals surface area contributed by atoms with Crippen molar-refractivity contribution in [3.63, 3.8) is 0 Å². The summed E-state index contributed by atoms with van der Waals surface area (Å²) in [6.07, 6.45) is 2.26. The third kappa shape index (κ3) is 1.63. The molecule has 0 amide bonds. The minimum atomic E-state index is 0. The first-order chi connectivity index (χ1) is 2.77. The number of nitrogens with two attached hydrogens (primary N) is 2. The molecule has 0 atom stereocenters. The minimum Gasteiger partial charge on any atom is -0.329 e. The Hall–Kier alpha value is 0.210. The first-order valence-electron chi connectivity index (χ1n) is 2.26. The van der Waals surface area contributed by atoms with Crippen molar-refractivity contribution in [2.45, 2.75) is 18.4 Å². The van der Waals surface area contributed by atoms with Gasteiger partial charge in [0, 0.05) is 12.1 Å². The second-order valence-corrected chi connectivity index (χ2v) is 2.07. The first-order valence-corrected chi connectivity index (χ1v) is 2.26. The molecule has 0 aromatic heterocycles. The summed E-state index contributed by atoms with van der Waals surface area (Å²) >= 11 is 0. The van der Waals surface area contributed by atoms with Gasteiger partial charge in [-0.3, -0.25) is 0 Å². The molecule has 4 N–H and O–H groups in total. The Labute approximate surface area is 49.7 Å². The van der Waals surface area contributed by atoms with Crippen molar-refractivity contribution in [1.82, 2.24) is 0 Å². The zero-order valence-electron chi connectivity index (χ0n) is 4.18. The molecule has 0 aromatic carbocycles. The maximum absolute atomic E-state index is 5.52. The van der Waals surface area contributed by atoms with Crippen LogP contribution in [0.1, 0.15) is 12.8 Å². The highest BCUT2D eigenvalue weighted by Gasteiger charge is 2.35. The van der Waals surface area contributed by atoms with Crippen LogP contribution in [0.3, 0.4) is 0 Å². The minimum absolute atomic E-state index is 0. The van der Waals surface area contributed by atoms with Crippen molar-refractivity contribution in [2.75, 3.05) is 6.54 Å². The lowest BCUT2D eigenvalue weighted by Gasteiger charge is -1.98. The van der Waals surface area contributed by atoms with Crippen LogP contribution in [0.2, 0.25) is 0 Å². The smallest absolute Gasteiger partial charge is 0.0280 e. The zero-order valence-corrected chi connectivity index (χ0v) is 5.00. The van der Waals surface area contributed by atoms with Gasteiger partial charge >= 0.3 is 0 Å². The number of rotatable bonds is 1. The fourth-order valence-electron chi connectivity index (χ4n) is 0.365. The summed E-state index contributed by atoms with van der Waals surface area (Å²) in [5.41, 5.74) is 10.8. The second kappa shape index (κ2) is 1.99. The van der Waals surface area contributed by atoms with Gasteiger partial charge in [0.2, 0.25) is 0 Å². The molecule has 0 spiro atoms. The van der Waals surface area contributed by atoms with E-state index in [4.69, 9.17) is 11.5 Å². The van der Waals surface area contributed by atoms with Gasteiger partial charge in [0.15, 0.2) is 0 Å². The molecule has 1 saturated carbocycles. The molecule has 0 saturated heterocycles. The van der Waals surface area contributed by atoms with E-state index in [1.807, 2.05) is 0 Å². The lowest BCUT2D eigenvalue weighted by atomic mass is 10.3. The zero-order chi connectivity index (χ0) is 4.62. The molecule has 2 nitrogen and oxygen atoms in total. The van der Waals surface area contributed by atoms with Crippen LogP contribution in [0.4, 0.5) is 0 Å². The molecule has 0 radical (unpaired) electrons. The summed E-state index contributed by atoms with van der Waals surface area (Å²) in [7, 11) is 0. The van der Waals surface area contributed by atoms with Crippen LogP contribution in [0.15, 0.2) is 0 Å². The summed E-state index contributed by atoms with van der Waals surface area (Å²) in [6, 6.07) is 0. The Morgan fingerprint density at radius 2 is 1.86 bits per heavy atom. The van der Waals surface area contributed by atoms with Gasteiger partial charge in [0.25, 0.3) is 0 Å². The van der Waals surface area contributed by atoms with Crippen LogP contribution in [0.5, 0.6) is 0 Å². The highest BCUT2D eigenvalue weighted by molar-refractivity contribution is 5.85. The van der Waals surface area contributed by atoms with Crippen LogP contribution < -0.4 is 11.5 Å². The molecular formula is C4H11ClN2. The molecule has 44 valence electrons. The van der Waals surface area contributed by atoms with Crippen molar-refractivity contribution in [2.24, 2.45) is 11.5 Å². The van der Waals surface area contributed by atoms with Crippen molar-refractivity contribution >= 4 is 12.4 Å². The molecule has 0 aromatic rings. The van der Waals surface area contributed by atoms with E-state index in [0.29, 0.717) is 6.54 Å². The fraction of sp³-hybridized carbons (Fsp3) is 1.00. The van der Waals surface area contributed by atoms with Gasteiger partial charge < -0.3 is 11.5 Å². The monoisotopic (exact) mass is 122 g/mol. The van der Waals surface area contributed by atoms with E-state index >= 15 is 0 Å². The SMILES string of the molecule is Cl.NCC1(N)CC1. The molecule has 1 rings (SSSR count). The Morgan fingerprint density at radius 3 is 1.86 bits per heavy atom. The van der Waals surface area contributed by atoms with E-state index in [9.17, 15) is 0 Å². The van der Waals surface area contributed by atoms with Crippen LogP contribution in [-0.4, -0.2) is 12.1 Å². The third-order valence-corrected chi connectivity index (χ3v) is 1.30. The van der Waals surface area contributed by atoms with Crippen molar-refractivity contribution in [3.05, 3.63) is 0 Å². The Balaban J connectivity index is 0.000000360. The highest BCUT2D eigenvalue weighted by atomic mass is 35.5. The summed E-state index contributed by atoms with van der Waals surface area (Å²) < 4.78 is 0. The van der Waals surface area contributed by atoms with E-state index < -0.39 is 0 Å². The fourth-order valence-corrected chi connectivity index (χ4v) is 0.365. The standard InChI is InChI=1S/C4H10N2.ClH/c5-3-4(6)1-2-4;/h1-3,5-6H2;1H. The maximum Gasteiger partial charge on any atom is 0.0280 e. The molecule has 3 heteroatoms. The normalized spacial score (nSPS) is 23.1. The van der Waals surface area contributed by atoms with E-state index in [1.54, 1.807) is 0 Å². The average molecular weight is 123 g/mol. The van der Waals surface area contributed by atoms with E-state index in [-0.39, 0.29) is 17.9 Å². The van der Waals surface area contributed by atoms with Gasteiger partial charge in [0.05, 0.1) is 0 Å². The summed E-state index contributed by atoms with van der Waals surface area (Å²) in [4.78, 5) is 0. The number of hydrogen-bond acceptors (Lipinski definition) is 2. The second-order valence-electron chi connectivity index (χ2n) is 2.07. The van der Waals surface area contributed by atoms with E-state index in [1.165, 1.54) is 0 Å². The van der Waals surface area contributed by atoms with Crippen molar-refractivity contribution in [1.29, 1.82) is 0 Å². The predicted molar refractivity (Wildman–Crippen MR) is 32.5 cm³/mol. The van der Waals surface area contributed by atoms with Crippen LogP contribution >= 0.6 is 12.4 Å². The molecular weight excluding hydrogens is 112 g/mol. The van der Waals surface area contributed by atoms with Crippen molar-refractivity contribution in [3.8, 4) is 0 Å². The molecule has 0 bridgehead atoms. The average Bonchev–Trinajstić information content (AvgIpc) is 2.22. The summed E-state index contributed by atoms with van der Waals surface area (Å²) in [5, 5.41) is 0. The van der Waals surface area contributed by atoms with Crippen molar-refractivity contribution < 1.29 is 0 Å². The van der Waals surface area contributed by atoms with Crippen LogP contribution in [0, 0.1) is 0 Å². The van der Waals surface area contributed by atoms with Crippen LogP contribution in [0.25, 0.3) is 0 Å². The lowest BCUT2D eigenvalue weighted by molar-refractivity contribution is 0.688. The quantitative estimate of drug-likeness (QED) is 0.509. The molecule has 1 aliphatic carbocycles. The van der Waals surface area contributed by atoms with E-state index in [2.05, 4.69) is 0 Å². The Bertz CT molecular complexity index is 60.7. The Morgan fingerprint density at radius 1 is 1.43 bits per heavy atom. The molecule has 0 heterocycles. The van der Waals surface area contributed by atoms with Gasteiger partial charge in [-0.2, -0.15) is 0 Å². The maximum atomic E-state index is 5.52. The molecule has 1 aliphatic rings. The Kier molecular flexibility index (Phi) is 2.05. The number of halogens is 1. The largest absolute Gasteiger partial charge is 0.329 e. The van der Waals surface area contributed by atoms with E-state index in [0.717, 1.165) is 12.8 Å². The third-order valence-electron chi connectivity index (χ3n) is 1.30. The van der Waals surface area contributed by atoms with Gasteiger partial charge in [-0.15, -0.1) is 12.4 Å². The summed E-state index contributed by atoms with van der Waals surface area (Å²) in [6.45, 7) is 0.660. The molecule has 7 heavy (non-hydrogen) atoms. The summed E-state index contributed by atoms with van der Waals surface area (Å²) in [5.74, 6) is 0. The molecule has 0 unspecified atom stereocenters. The van der Waals surface area contributed by atoms with Gasteiger partial charge in [-0.25, -0.2) is 0 Å². The lowest BCUT2D eigenvalue weighted by Crippen LogP contribution is -2.31. The first kappa shape index (κ1) is 7.21. The van der Waals surface area contributed by atoms with Gasteiger partial charge in [-0.05, 0) is 12.8 Å². The topological polar surface area (TPSA) is 52.0 Å². The molecule has 0 aliphatic heterocycles. The van der Waals surface area contributed by atoms with Gasteiger partial charge in [0.1, 0.15) is 0 Å². The predicted octanol–water partition coefficient (Wildman–Crippen LogP) is -0.142. The van der Waals surface area contributed by atoms with Gasteiger partial charge in [-0.1, -0.05) is 0 Å². The number of hydrogen-bond donors (Lipinski definition) is 2. The molecule has 1 fully saturated rings.